The smallest absolute Gasteiger partial charge is 0.255 e. The summed E-state index contributed by atoms with van der Waals surface area (Å²) in [6.07, 6.45) is 1.55. The molecule has 132 valence electrons. The van der Waals surface area contributed by atoms with E-state index in [1.165, 1.54) is 0 Å². The Morgan fingerprint density at radius 2 is 1.88 bits per heavy atom. The fraction of sp³-hybridized carbons (Fsp3) is 0.143. The van der Waals surface area contributed by atoms with E-state index in [-0.39, 0.29) is 12.5 Å². The maximum Gasteiger partial charge on any atom is 0.255 e. The van der Waals surface area contributed by atoms with Gasteiger partial charge in [0.25, 0.3) is 5.91 Å². The lowest BCUT2D eigenvalue weighted by Gasteiger charge is -2.11. The third-order valence-electron chi connectivity index (χ3n) is 3.96. The number of hydrogen-bond donors (Lipinski definition) is 2. The van der Waals surface area contributed by atoms with Crippen molar-refractivity contribution in [1.82, 2.24) is 4.98 Å². The van der Waals surface area contributed by atoms with E-state index in [4.69, 9.17) is 4.74 Å². The lowest BCUT2D eigenvalue weighted by Crippen LogP contribution is -2.13. The molecule has 0 saturated carbocycles. The zero-order valence-electron chi connectivity index (χ0n) is 14.5. The maximum absolute atomic E-state index is 12.5. The van der Waals surface area contributed by atoms with Gasteiger partial charge in [-0.05, 0) is 35.7 Å². The second kappa shape index (κ2) is 8.27. The zero-order chi connectivity index (χ0) is 18.4. The van der Waals surface area contributed by atoms with Gasteiger partial charge in [0.1, 0.15) is 6.61 Å². The molecule has 3 aromatic rings. The van der Waals surface area contributed by atoms with Gasteiger partial charge in [0.05, 0.1) is 6.61 Å². The number of nitrogens with zero attached hydrogens (tertiary/aromatic N) is 1. The minimum absolute atomic E-state index is 0.0735. The summed E-state index contributed by atoms with van der Waals surface area (Å²) in [4.78, 5) is 16.7. The van der Waals surface area contributed by atoms with Crippen LogP contribution in [0, 0.1) is 6.92 Å². The highest BCUT2D eigenvalue weighted by Gasteiger charge is 2.10. The molecular formula is C21H20N2O3. The average molecular weight is 348 g/mol. The molecule has 0 bridgehead atoms. The normalized spacial score (nSPS) is 10.4. The Morgan fingerprint density at radius 1 is 1.08 bits per heavy atom. The summed E-state index contributed by atoms with van der Waals surface area (Å²) >= 11 is 0. The standard InChI is InChI=1S/C21H20N2O3/c1-15-7-8-17(13-24)11-19(15)23-21(25)18-9-10-22-20(12-18)26-14-16-5-3-2-4-6-16/h2-12,24H,13-14H2,1H3,(H,23,25). The average Bonchev–Trinajstić information content (AvgIpc) is 2.69. The molecule has 5 heteroatoms. The molecule has 0 saturated heterocycles. The molecule has 0 radical (unpaired) electrons. The van der Waals surface area contributed by atoms with Gasteiger partial charge in [-0.2, -0.15) is 0 Å². The Hall–Kier alpha value is -3.18. The lowest BCUT2D eigenvalue weighted by atomic mass is 10.1. The number of anilines is 1. The number of aryl methyl sites for hydroxylation is 1. The Morgan fingerprint density at radius 3 is 2.65 bits per heavy atom. The summed E-state index contributed by atoms with van der Waals surface area (Å²) in [5.74, 6) is 0.137. The fourth-order valence-corrected chi connectivity index (χ4v) is 2.46. The second-order valence-electron chi connectivity index (χ2n) is 5.92. The number of carbonyl (C=O) groups is 1. The van der Waals surface area contributed by atoms with Crippen LogP contribution in [0.15, 0.2) is 66.9 Å². The van der Waals surface area contributed by atoms with Crippen molar-refractivity contribution in [2.45, 2.75) is 20.1 Å². The van der Waals surface area contributed by atoms with Crippen molar-refractivity contribution in [1.29, 1.82) is 0 Å². The number of hydrogen-bond acceptors (Lipinski definition) is 4. The fourth-order valence-electron chi connectivity index (χ4n) is 2.46. The molecule has 26 heavy (non-hydrogen) atoms. The van der Waals surface area contributed by atoms with Crippen LogP contribution in [-0.4, -0.2) is 16.0 Å². The molecule has 1 heterocycles. The van der Waals surface area contributed by atoms with E-state index < -0.39 is 0 Å². The van der Waals surface area contributed by atoms with Crippen molar-refractivity contribution in [3.8, 4) is 5.88 Å². The van der Waals surface area contributed by atoms with Gasteiger partial charge >= 0.3 is 0 Å². The quantitative estimate of drug-likeness (QED) is 0.712. The van der Waals surface area contributed by atoms with Crippen LogP contribution in [0.25, 0.3) is 0 Å². The number of amides is 1. The first-order valence-corrected chi connectivity index (χ1v) is 8.30. The van der Waals surface area contributed by atoms with Crippen molar-refractivity contribution >= 4 is 11.6 Å². The van der Waals surface area contributed by atoms with Crippen molar-refractivity contribution in [2.75, 3.05) is 5.32 Å². The number of aliphatic hydroxyl groups excluding tert-OH is 1. The summed E-state index contributed by atoms with van der Waals surface area (Å²) in [7, 11) is 0. The number of aromatic nitrogens is 1. The van der Waals surface area contributed by atoms with E-state index in [0.717, 1.165) is 16.7 Å². The van der Waals surface area contributed by atoms with Crippen molar-refractivity contribution in [3.05, 3.63) is 89.1 Å². The van der Waals surface area contributed by atoms with E-state index in [1.54, 1.807) is 24.4 Å². The summed E-state index contributed by atoms with van der Waals surface area (Å²) in [5.41, 5.74) is 3.82. The lowest BCUT2D eigenvalue weighted by molar-refractivity contribution is 0.102. The van der Waals surface area contributed by atoms with E-state index in [9.17, 15) is 9.90 Å². The number of rotatable bonds is 6. The minimum atomic E-state index is -0.254. The van der Waals surface area contributed by atoms with Crippen molar-refractivity contribution < 1.29 is 14.6 Å². The molecule has 0 unspecified atom stereocenters. The molecule has 0 aliphatic carbocycles. The van der Waals surface area contributed by atoms with E-state index >= 15 is 0 Å². The third kappa shape index (κ3) is 4.46. The highest BCUT2D eigenvalue weighted by Crippen LogP contribution is 2.19. The van der Waals surface area contributed by atoms with Crippen LogP contribution in [0.5, 0.6) is 5.88 Å². The zero-order valence-corrected chi connectivity index (χ0v) is 14.5. The second-order valence-corrected chi connectivity index (χ2v) is 5.92. The molecule has 0 aliphatic heterocycles. The Balaban J connectivity index is 1.70. The van der Waals surface area contributed by atoms with Crippen LogP contribution in [-0.2, 0) is 13.2 Å². The van der Waals surface area contributed by atoms with Crippen LogP contribution >= 0.6 is 0 Å². The molecule has 3 rings (SSSR count). The predicted octanol–water partition coefficient (Wildman–Crippen LogP) is 3.71. The molecule has 1 amide bonds. The van der Waals surface area contributed by atoms with Gasteiger partial charge in [0.15, 0.2) is 0 Å². The molecule has 1 aromatic heterocycles. The number of nitrogens with one attached hydrogen (secondary N) is 1. The summed E-state index contributed by atoms with van der Waals surface area (Å²) in [6, 6.07) is 18.5. The maximum atomic E-state index is 12.5. The molecule has 5 nitrogen and oxygen atoms in total. The minimum Gasteiger partial charge on any atom is -0.473 e. The van der Waals surface area contributed by atoms with Crippen LogP contribution in [0.2, 0.25) is 0 Å². The molecule has 0 fully saturated rings. The van der Waals surface area contributed by atoms with Crippen LogP contribution in [0.1, 0.15) is 27.0 Å². The van der Waals surface area contributed by atoms with Gasteiger partial charge in [0.2, 0.25) is 5.88 Å². The van der Waals surface area contributed by atoms with E-state index in [1.807, 2.05) is 49.4 Å². The SMILES string of the molecule is Cc1ccc(CO)cc1NC(=O)c1ccnc(OCc2ccccc2)c1. The van der Waals surface area contributed by atoms with Gasteiger partial charge in [-0.3, -0.25) is 4.79 Å². The van der Waals surface area contributed by atoms with Crippen LogP contribution < -0.4 is 10.1 Å². The number of pyridine rings is 1. The summed E-state index contributed by atoms with van der Waals surface area (Å²) < 4.78 is 5.67. The molecule has 2 aromatic carbocycles. The summed E-state index contributed by atoms with van der Waals surface area (Å²) in [6.45, 7) is 2.21. The Bertz CT molecular complexity index is 895. The van der Waals surface area contributed by atoms with E-state index in [0.29, 0.717) is 23.7 Å². The van der Waals surface area contributed by atoms with Gasteiger partial charge in [-0.15, -0.1) is 0 Å². The molecule has 0 spiro atoms. The van der Waals surface area contributed by atoms with Crippen molar-refractivity contribution in [2.24, 2.45) is 0 Å². The third-order valence-corrected chi connectivity index (χ3v) is 3.96. The number of benzene rings is 2. The molecule has 0 aliphatic rings. The Labute approximate surface area is 152 Å². The monoisotopic (exact) mass is 348 g/mol. The Kier molecular flexibility index (Phi) is 5.61. The summed E-state index contributed by atoms with van der Waals surface area (Å²) in [5, 5.41) is 12.1. The number of aliphatic hydroxyl groups is 1. The van der Waals surface area contributed by atoms with E-state index in [2.05, 4.69) is 10.3 Å². The molecular weight excluding hydrogens is 328 g/mol. The highest BCUT2D eigenvalue weighted by atomic mass is 16.5. The van der Waals surface area contributed by atoms with Gasteiger partial charge in [0, 0.05) is 23.5 Å². The number of ether oxygens (including phenoxy) is 1. The largest absolute Gasteiger partial charge is 0.473 e. The van der Waals surface area contributed by atoms with Crippen molar-refractivity contribution in [3.63, 3.8) is 0 Å². The topological polar surface area (TPSA) is 71.5 Å². The molecule has 0 atom stereocenters. The first-order chi connectivity index (χ1) is 12.7. The highest BCUT2D eigenvalue weighted by molar-refractivity contribution is 6.04. The van der Waals surface area contributed by atoms with Crippen LogP contribution in [0.3, 0.4) is 0 Å². The van der Waals surface area contributed by atoms with Gasteiger partial charge < -0.3 is 15.2 Å². The first-order valence-electron chi connectivity index (χ1n) is 8.30. The van der Waals surface area contributed by atoms with Gasteiger partial charge in [-0.25, -0.2) is 4.98 Å². The number of carbonyl (C=O) groups excluding carboxylic acids is 1. The first kappa shape index (κ1) is 17.6. The predicted molar refractivity (Wildman–Crippen MR) is 100 cm³/mol. The van der Waals surface area contributed by atoms with Gasteiger partial charge in [-0.1, -0.05) is 42.5 Å². The van der Waals surface area contributed by atoms with Crippen LogP contribution in [0.4, 0.5) is 5.69 Å². The molecule has 2 N–H and O–H groups in total.